The number of nitrogens with zero attached hydrogens (tertiary/aromatic N) is 2. The van der Waals surface area contributed by atoms with Crippen LogP contribution in [0.5, 0.6) is 0 Å². The lowest BCUT2D eigenvalue weighted by atomic mass is 10.5. The Morgan fingerprint density at radius 3 is 3.12 bits per heavy atom. The summed E-state index contributed by atoms with van der Waals surface area (Å²) in [5.41, 5.74) is 0.322. The number of carboxylic acids is 1. The average molecular weight is 257 g/mol. The molecule has 0 aliphatic carbocycles. The number of rotatable bonds is 4. The first-order valence-electron chi connectivity index (χ1n) is 4.23. The van der Waals surface area contributed by atoms with Crippen LogP contribution < -0.4 is 5.69 Å². The van der Waals surface area contributed by atoms with Crippen molar-refractivity contribution in [3.05, 3.63) is 27.3 Å². The molecule has 0 fully saturated rings. The molecular formula is C8H7N3O3S2. The monoisotopic (exact) mass is 257 g/mol. The highest BCUT2D eigenvalue weighted by molar-refractivity contribution is 7.99. The predicted octanol–water partition coefficient (Wildman–Crippen LogP) is 0.799. The standard InChI is InChI=1S/C8H7N3O3S2/c12-6(13)4-16-8-10-9-7(14)11(8)5-1-2-15-3-5/h1-3H,4H2,(H,9,14)(H,12,13). The van der Waals surface area contributed by atoms with Crippen molar-refractivity contribution in [3.63, 3.8) is 0 Å². The van der Waals surface area contributed by atoms with Crippen molar-refractivity contribution in [1.29, 1.82) is 0 Å². The fourth-order valence-electron chi connectivity index (χ4n) is 1.12. The molecule has 0 atom stereocenters. The van der Waals surface area contributed by atoms with Crippen molar-refractivity contribution >= 4 is 29.1 Å². The van der Waals surface area contributed by atoms with E-state index in [1.54, 1.807) is 11.4 Å². The Hall–Kier alpha value is -1.54. The van der Waals surface area contributed by atoms with Gasteiger partial charge >= 0.3 is 11.7 Å². The normalized spacial score (nSPS) is 10.5. The number of thioether (sulfide) groups is 1. The van der Waals surface area contributed by atoms with Crippen molar-refractivity contribution in [3.8, 4) is 5.69 Å². The Labute approximate surface area is 97.9 Å². The Bertz CT molecular complexity index is 543. The van der Waals surface area contributed by atoms with Crippen LogP contribution in [0.1, 0.15) is 0 Å². The van der Waals surface area contributed by atoms with E-state index in [1.807, 2.05) is 5.38 Å². The maximum atomic E-state index is 11.5. The number of H-pyrrole nitrogens is 1. The number of aromatic amines is 1. The van der Waals surface area contributed by atoms with Gasteiger partial charge in [-0.05, 0) is 11.4 Å². The summed E-state index contributed by atoms with van der Waals surface area (Å²) in [7, 11) is 0. The molecule has 84 valence electrons. The Kier molecular flexibility index (Phi) is 3.11. The zero-order valence-electron chi connectivity index (χ0n) is 7.91. The number of carbonyl (C=O) groups is 1. The summed E-state index contributed by atoms with van der Waals surface area (Å²) >= 11 is 2.45. The van der Waals surface area contributed by atoms with Gasteiger partial charge in [0.2, 0.25) is 0 Å². The summed E-state index contributed by atoms with van der Waals surface area (Å²) in [6.45, 7) is 0. The van der Waals surface area contributed by atoms with E-state index in [0.29, 0.717) is 10.8 Å². The van der Waals surface area contributed by atoms with E-state index in [-0.39, 0.29) is 11.4 Å². The van der Waals surface area contributed by atoms with Gasteiger partial charge in [0.15, 0.2) is 5.16 Å². The second-order valence-corrected chi connectivity index (χ2v) is 4.53. The average Bonchev–Trinajstić information content (AvgIpc) is 2.83. The van der Waals surface area contributed by atoms with Crippen molar-refractivity contribution in [2.24, 2.45) is 0 Å². The van der Waals surface area contributed by atoms with E-state index in [4.69, 9.17) is 5.11 Å². The number of hydrogen-bond acceptors (Lipinski definition) is 5. The Morgan fingerprint density at radius 2 is 2.50 bits per heavy atom. The van der Waals surface area contributed by atoms with Crippen molar-refractivity contribution < 1.29 is 9.90 Å². The topological polar surface area (TPSA) is 88.0 Å². The van der Waals surface area contributed by atoms with E-state index < -0.39 is 5.97 Å². The van der Waals surface area contributed by atoms with Crippen LogP contribution in [0.25, 0.3) is 5.69 Å². The van der Waals surface area contributed by atoms with E-state index in [0.717, 1.165) is 11.8 Å². The van der Waals surface area contributed by atoms with Crippen LogP contribution in [0, 0.1) is 0 Å². The molecule has 0 unspecified atom stereocenters. The number of aromatic nitrogens is 3. The van der Waals surface area contributed by atoms with E-state index >= 15 is 0 Å². The Morgan fingerprint density at radius 1 is 1.69 bits per heavy atom. The van der Waals surface area contributed by atoms with Crippen LogP contribution in [0.4, 0.5) is 0 Å². The summed E-state index contributed by atoms with van der Waals surface area (Å²) in [6, 6.07) is 1.77. The van der Waals surface area contributed by atoms with Crippen molar-refractivity contribution in [2.45, 2.75) is 5.16 Å². The third kappa shape index (κ3) is 2.17. The van der Waals surface area contributed by atoms with E-state index in [1.165, 1.54) is 15.9 Å². The highest BCUT2D eigenvalue weighted by atomic mass is 32.2. The molecule has 2 rings (SSSR count). The molecule has 0 radical (unpaired) electrons. The molecule has 8 heteroatoms. The third-order valence-electron chi connectivity index (χ3n) is 1.73. The largest absolute Gasteiger partial charge is 0.481 e. The number of nitrogens with one attached hydrogen (secondary N) is 1. The lowest BCUT2D eigenvalue weighted by Gasteiger charge is -2.00. The van der Waals surface area contributed by atoms with E-state index in [2.05, 4.69) is 10.2 Å². The molecule has 2 aromatic heterocycles. The Balaban J connectivity index is 2.33. The highest BCUT2D eigenvalue weighted by Gasteiger charge is 2.12. The molecule has 0 saturated heterocycles. The van der Waals surface area contributed by atoms with Gasteiger partial charge in [-0.1, -0.05) is 11.8 Å². The lowest BCUT2D eigenvalue weighted by molar-refractivity contribution is -0.133. The SMILES string of the molecule is O=C(O)CSc1n[nH]c(=O)n1-c1ccsc1. The lowest BCUT2D eigenvalue weighted by Crippen LogP contribution is -2.15. The van der Waals surface area contributed by atoms with Gasteiger partial charge in [-0.15, -0.1) is 5.10 Å². The van der Waals surface area contributed by atoms with Crippen LogP contribution in [0.3, 0.4) is 0 Å². The van der Waals surface area contributed by atoms with Crippen LogP contribution >= 0.6 is 23.1 Å². The van der Waals surface area contributed by atoms with Crippen LogP contribution in [0.2, 0.25) is 0 Å². The second kappa shape index (κ2) is 4.54. The van der Waals surface area contributed by atoms with Gasteiger partial charge in [0.25, 0.3) is 0 Å². The zero-order valence-corrected chi connectivity index (χ0v) is 9.55. The minimum atomic E-state index is -0.947. The van der Waals surface area contributed by atoms with Gasteiger partial charge in [0, 0.05) is 5.38 Å². The molecule has 0 bridgehead atoms. The molecule has 2 aromatic rings. The molecule has 0 aliphatic heterocycles. The number of carboxylic acid groups (broad SMARTS) is 1. The maximum absolute atomic E-state index is 11.5. The quantitative estimate of drug-likeness (QED) is 0.791. The molecule has 0 aromatic carbocycles. The van der Waals surface area contributed by atoms with Gasteiger partial charge in [0.05, 0.1) is 11.4 Å². The number of thiophene rings is 1. The molecule has 6 nitrogen and oxygen atoms in total. The molecule has 0 aliphatic rings. The molecule has 16 heavy (non-hydrogen) atoms. The summed E-state index contributed by atoms with van der Waals surface area (Å²) in [4.78, 5) is 21.9. The van der Waals surface area contributed by atoms with Crippen LogP contribution in [-0.4, -0.2) is 31.6 Å². The summed E-state index contributed by atoms with van der Waals surface area (Å²) in [5, 5.41) is 18.6. The predicted molar refractivity (Wildman–Crippen MR) is 60.4 cm³/mol. The van der Waals surface area contributed by atoms with Gasteiger partial charge in [-0.25, -0.2) is 14.5 Å². The molecule has 2 heterocycles. The van der Waals surface area contributed by atoms with Gasteiger partial charge in [-0.2, -0.15) is 11.3 Å². The summed E-state index contributed by atoms with van der Waals surface area (Å²) < 4.78 is 1.35. The fourth-order valence-corrected chi connectivity index (χ4v) is 2.42. The molecule has 0 saturated carbocycles. The van der Waals surface area contributed by atoms with Crippen molar-refractivity contribution in [2.75, 3.05) is 5.75 Å². The van der Waals surface area contributed by atoms with Gasteiger partial charge in [-0.3, -0.25) is 4.79 Å². The molecule has 0 spiro atoms. The summed E-state index contributed by atoms with van der Waals surface area (Å²) in [5.74, 6) is -1.08. The molecule has 0 amide bonds. The number of hydrogen-bond donors (Lipinski definition) is 2. The first-order chi connectivity index (χ1) is 7.68. The first kappa shape index (κ1) is 11.0. The third-order valence-corrected chi connectivity index (χ3v) is 3.32. The van der Waals surface area contributed by atoms with Gasteiger partial charge < -0.3 is 5.11 Å². The van der Waals surface area contributed by atoms with E-state index in [9.17, 15) is 9.59 Å². The second-order valence-electron chi connectivity index (χ2n) is 2.81. The minimum Gasteiger partial charge on any atom is -0.481 e. The molecule has 2 N–H and O–H groups in total. The smallest absolute Gasteiger partial charge is 0.348 e. The first-order valence-corrected chi connectivity index (χ1v) is 6.16. The van der Waals surface area contributed by atoms with Gasteiger partial charge in [0.1, 0.15) is 0 Å². The van der Waals surface area contributed by atoms with Crippen LogP contribution in [-0.2, 0) is 4.79 Å². The van der Waals surface area contributed by atoms with Crippen LogP contribution in [0.15, 0.2) is 26.8 Å². The summed E-state index contributed by atoms with van der Waals surface area (Å²) in [6.07, 6.45) is 0. The fraction of sp³-hybridized carbons (Fsp3) is 0.125. The number of aliphatic carboxylic acids is 1. The maximum Gasteiger partial charge on any atom is 0.348 e. The highest BCUT2D eigenvalue weighted by Crippen LogP contribution is 2.18. The minimum absolute atomic E-state index is 0.131. The van der Waals surface area contributed by atoms with Crippen molar-refractivity contribution in [1.82, 2.24) is 14.8 Å². The molecular weight excluding hydrogens is 250 g/mol. The zero-order chi connectivity index (χ0) is 11.5.